The normalized spacial score (nSPS) is 19.7. The van der Waals surface area contributed by atoms with Gasteiger partial charge >= 0.3 is 6.03 Å². The third kappa shape index (κ3) is 5.19. The van der Waals surface area contributed by atoms with E-state index in [4.69, 9.17) is 4.74 Å². The van der Waals surface area contributed by atoms with Crippen molar-refractivity contribution < 1.29 is 14.3 Å². The molecule has 1 aliphatic rings. The van der Waals surface area contributed by atoms with Gasteiger partial charge in [0.1, 0.15) is 0 Å². The van der Waals surface area contributed by atoms with Gasteiger partial charge in [-0.3, -0.25) is 4.79 Å². The van der Waals surface area contributed by atoms with Crippen molar-refractivity contribution >= 4 is 11.9 Å². The van der Waals surface area contributed by atoms with Crippen LogP contribution in [0, 0.1) is 12.8 Å². The Labute approximate surface area is 149 Å². The maximum atomic E-state index is 12.7. The Kier molecular flexibility index (Phi) is 7.25. The second-order valence-electron chi connectivity index (χ2n) is 6.50. The minimum Gasteiger partial charge on any atom is -0.385 e. The summed E-state index contributed by atoms with van der Waals surface area (Å²) < 4.78 is 5.01. The number of hydrogen-bond acceptors (Lipinski definition) is 3. The van der Waals surface area contributed by atoms with E-state index >= 15 is 0 Å². The van der Waals surface area contributed by atoms with Crippen molar-refractivity contribution in [2.45, 2.75) is 26.2 Å². The van der Waals surface area contributed by atoms with Crippen LogP contribution >= 0.6 is 0 Å². The van der Waals surface area contributed by atoms with Crippen LogP contribution in [0.4, 0.5) is 4.79 Å². The van der Waals surface area contributed by atoms with Crippen molar-refractivity contribution in [1.82, 2.24) is 15.5 Å². The van der Waals surface area contributed by atoms with Crippen molar-refractivity contribution in [1.29, 1.82) is 0 Å². The molecular formula is C19H29N3O3. The van der Waals surface area contributed by atoms with Crippen LogP contribution in [0.25, 0.3) is 0 Å². The third-order valence-electron chi connectivity index (χ3n) is 4.60. The third-order valence-corrected chi connectivity index (χ3v) is 4.60. The van der Waals surface area contributed by atoms with E-state index in [1.54, 1.807) is 12.0 Å². The molecule has 0 aliphatic carbocycles. The highest BCUT2D eigenvalue weighted by molar-refractivity contribution is 5.82. The quantitative estimate of drug-likeness (QED) is 0.740. The van der Waals surface area contributed by atoms with Crippen LogP contribution in [0.1, 0.15) is 30.4 Å². The Morgan fingerprint density at radius 1 is 1.20 bits per heavy atom. The molecule has 1 fully saturated rings. The maximum Gasteiger partial charge on any atom is 0.317 e. The van der Waals surface area contributed by atoms with Gasteiger partial charge in [-0.1, -0.05) is 29.8 Å². The Morgan fingerprint density at radius 2 is 1.92 bits per heavy atom. The maximum absolute atomic E-state index is 12.7. The van der Waals surface area contributed by atoms with Crippen molar-refractivity contribution in [3.8, 4) is 0 Å². The second-order valence-corrected chi connectivity index (χ2v) is 6.50. The summed E-state index contributed by atoms with van der Waals surface area (Å²) in [5, 5.41) is 5.81. The number of methoxy groups -OCH3 is 1. The summed E-state index contributed by atoms with van der Waals surface area (Å²) >= 11 is 0. The average molecular weight is 347 g/mol. The van der Waals surface area contributed by atoms with Gasteiger partial charge in [-0.25, -0.2) is 4.79 Å². The van der Waals surface area contributed by atoms with Gasteiger partial charge in [-0.2, -0.15) is 0 Å². The summed E-state index contributed by atoms with van der Waals surface area (Å²) in [5.41, 5.74) is 2.29. The van der Waals surface area contributed by atoms with E-state index in [9.17, 15) is 9.59 Å². The minimum atomic E-state index is -0.229. The molecule has 1 aromatic rings. The predicted molar refractivity (Wildman–Crippen MR) is 97.6 cm³/mol. The van der Waals surface area contributed by atoms with Gasteiger partial charge in [-0.05, 0) is 25.8 Å². The van der Waals surface area contributed by atoms with E-state index in [0.29, 0.717) is 32.8 Å². The van der Waals surface area contributed by atoms with Crippen LogP contribution in [0.2, 0.25) is 0 Å². The summed E-state index contributed by atoms with van der Waals surface area (Å²) in [6, 6.07) is 8.13. The van der Waals surface area contributed by atoms with E-state index in [0.717, 1.165) is 12.0 Å². The molecule has 0 bridgehead atoms. The zero-order valence-corrected chi connectivity index (χ0v) is 15.4. The minimum absolute atomic E-state index is 0.00785. The molecule has 6 nitrogen and oxygen atoms in total. The van der Waals surface area contributed by atoms with Crippen molar-refractivity contribution in [2.24, 2.45) is 5.92 Å². The molecule has 1 aromatic carbocycles. The number of benzene rings is 1. The molecule has 0 aromatic heterocycles. The van der Waals surface area contributed by atoms with Crippen LogP contribution < -0.4 is 10.6 Å². The van der Waals surface area contributed by atoms with E-state index in [1.165, 1.54) is 5.56 Å². The highest BCUT2D eigenvalue weighted by atomic mass is 16.5. The molecule has 6 heteroatoms. The van der Waals surface area contributed by atoms with E-state index < -0.39 is 0 Å². The van der Waals surface area contributed by atoms with Gasteiger partial charge in [-0.15, -0.1) is 0 Å². The number of ether oxygens (including phenoxy) is 1. The van der Waals surface area contributed by atoms with Crippen molar-refractivity contribution in [2.75, 3.05) is 39.9 Å². The molecule has 25 heavy (non-hydrogen) atoms. The SMILES string of the molecule is CCNC(=O)N1CC(C(=O)NCCCOC)C(c2ccc(C)cc2)C1. The molecule has 2 unspecified atom stereocenters. The van der Waals surface area contributed by atoms with Gasteiger partial charge in [0.25, 0.3) is 0 Å². The molecule has 0 saturated carbocycles. The number of nitrogens with one attached hydrogen (secondary N) is 2. The summed E-state index contributed by atoms with van der Waals surface area (Å²) in [4.78, 5) is 26.6. The molecule has 138 valence electrons. The van der Waals surface area contributed by atoms with Crippen LogP contribution in [0.5, 0.6) is 0 Å². The zero-order chi connectivity index (χ0) is 18.2. The number of rotatable bonds is 7. The molecule has 1 saturated heterocycles. The fourth-order valence-corrected chi connectivity index (χ4v) is 3.21. The monoisotopic (exact) mass is 347 g/mol. The van der Waals surface area contributed by atoms with Crippen molar-refractivity contribution in [3.05, 3.63) is 35.4 Å². The van der Waals surface area contributed by atoms with E-state index in [2.05, 4.69) is 34.9 Å². The Balaban J connectivity index is 2.09. The summed E-state index contributed by atoms with van der Waals surface area (Å²) in [6.07, 6.45) is 0.782. The van der Waals surface area contributed by atoms with Gasteiger partial charge in [0.2, 0.25) is 5.91 Å². The first-order valence-electron chi connectivity index (χ1n) is 8.92. The van der Waals surface area contributed by atoms with E-state index in [-0.39, 0.29) is 23.8 Å². The summed E-state index contributed by atoms with van der Waals surface area (Å²) in [7, 11) is 1.65. The topological polar surface area (TPSA) is 70.7 Å². The second kappa shape index (κ2) is 9.42. The van der Waals surface area contributed by atoms with Crippen molar-refractivity contribution in [3.63, 3.8) is 0 Å². The van der Waals surface area contributed by atoms with Gasteiger partial charge in [0, 0.05) is 45.8 Å². The molecule has 1 heterocycles. The molecule has 1 aliphatic heterocycles. The number of aryl methyl sites for hydroxylation is 1. The fraction of sp³-hybridized carbons (Fsp3) is 0.579. The van der Waals surface area contributed by atoms with E-state index in [1.807, 2.05) is 13.8 Å². The molecule has 3 amide bonds. The van der Waals surface area contributed by atoms with Crippen LogP contribution in [-0.2, 0) is 9.53 Å². The summed E-state index contributed by atoms with van der Waals surface area (Å²) in [5.74, 6) is -0.202. The smallest absolute Gasteiger partial charge is 0.317 e. The number of likely N-dealkylation sites (tertiary alicyclic amines) is 1. The lowest BCUT2D eigenvalue weighted by Crippen LogP contribution is -2.40. The van der Waals surface area contributed by atoms with Gasteiger partial charge in [0.15, 0.2) is 0 Å². The standard InChI is InChI=1S/C19H29N3O3/c1-4-20-19(24)22-12-16(15-8-6-14(2)7-9-15)17(13-22)18(23)21-10-5-11-25-3/h6-9,16-17H,4-5,10-13H2,1-3H3,(H,20,24)(H,21,23). The number of hydrogen-bond donors (Lipinski definition) is 2. The van der Waals surface area contributed by atoms with Crippen LogP contribution in [0.15, 0.2) is 24.3 Å². The molecule has 2 N–H and O–H groups in total. The average Bonchev–Trinajstić information content (AvgIpc) is 3.05. The molecule has 0 radical (unpaired) electrons. The van der Waals surface area contributed by atoms with Crippen LogP contribution in [0.3, 0.4) is 0 Å². The Morgan fingerprint density at radius 3 is 2.56 bits per heavy atom. The number of amides is 3. The highest BCUT2D eigenvalue weighted by Crippen LogP contribution is 2.33. The number of nitrogens with zero attached hydrogens (tertiary/aromatic N) is 1. The Hall–Kier alpha value is -2.08. The number of urea groups is 1. The van der Waals surface area contributed by atoms with Crippen LogP contribution in [-0.4, -0.2) is 56.7 Å². The first-order valence-corrected chi connectivity index (χ1v) is 8.92. The molecule has 2 rings (SSSR count). The van der Waals surface area contributed by atoms with Gasteiger partial charge < -0.3 is 20.3 Å². The number of carbonyl (C=O) groups excluding carboxylic acids is 2. The predicted octanol–water partition coefficient (Wildman–Crippen LogP) is 1.89. The first kappa shape index (κ1) is 19.2. The lowest BCUT2D eigenvalue weighted by Gasteiger charge is -2.18. The zero-order valence-electron chi connectivity index (χ0n) is 15.4. The van der Waals surface area contributed by atoms with Gasteiger partial charge in [0.05, 0.1) is 5.92 Å². The lowest BCUT2D eigenvalue weighted by molar-refractivity contribution is -0.124. The molecular weight excluding hydrogens is 318 g/mol. The summed E-state index contributed by atoms with van der Waals surface area (Å²) in [6.45, 7) is 6.73. The molecule has 0 spiro atoms. The largest absolute Gasteiger partial charge is 0.385 e. The lowest BCUT2D eigenvalue weighted by atomic mass is 9.88. The number of carbonyl (C=O) groups is 2. The first-order chi connectivity index (χ1) is 12.1. The Bertz CT molecular complexity index is 574. The highest BCUT2D eigenvalue weighted by Gasteiger charge is 2.40. The fourth-order valence-electron chi connectivity index (χ4n) is 3.21. The molecule has 2 atom stereocenters.